The quantitative estimate of drug-likeness (QED) is 0.0254. The largest absolute Gasteiger partial charge is 0.508 e. The zero-order valence-corrected chi connectivity index (χ0v) is 79.0. The molecule has 2 saturated heterocycles. The van der Waals surface area contributed by atoms with E-state index in [1.54, 1.807) is 75.0 Å². The van der Waals surface area contributed by atoms with Gasteiger partial charge in [0.2, 0.25) is 0 Å². The number of nitrogens with zero attached hydrogens (tertiary/aromatic N) is 4. The minimum absolute atomic E-state index is 0.00162. The molecule has 0 spiro atoms. The van der Waals surface area contributed by atoms with E-state index >= 15 is 0 Å². The molecule has 9 N–H and O–H groups in total. The molecule has 13 aromatic carbocycles. The van der Waals surface area contributed by atoms with Crippen molar-refractivity contribution in [2.24, 2.45) is 15.0 Å². The van der Waals surface area contributed by atoms with Crippen LogP contribution < -0.4 is 26.0 Å². The zero-order valence-electron chi connectivity index (χ0n) is 76.6. The number of aromatic hydroxyl groups is 6. The number of para-hydroxylation sites is 2. The number of ether oxygens (including phenoxy) is 3. The number of methoxy groups -OCH3 is 1. The molecule has 14 aromatic rings. The van der Waals surface area contributed by atoms with Gasteiger partial charge in [-0.25, -0.2) is 4.79 Å². The van der Waals surface area contributed by atoms with Gasteiger partial charge in [-0.15, -0.1) is 0 Å². The van der Waals surface area contributed by atoms with Gasteiger partial charge in [-0.05, 0) is 231 Å². The molecule has 0 bridgehead atoms. The van der Waals surface area contributed by atoms with Crippen molar-refractivity contribution in [3.05, 3.63) is 363 Å². The van der Waals surface area contributed by atoms with E-state index in [0.29, 0.717) is 64.5 Å². The number of aliphatic hydroxyl groups excluding tert-OH is 1. The van der Waals surface area contributed by atoms with Crippen LogP contribution in [0.1, 0.15) is 154 Å². The number of halogens is 2. The van der Waals surface area contributed by atoms with Crippen molar-refractivity contribution >= 4 is 104 Å². The first kappa shape index (κ1) is 100. The number of phenols is 6. The van der Waals surface area contributed by atoms with Gasteiger partial charge in [-0.2, -0.15) is 0 Å². The molecule has 1 aromatic heterocycles. The van der Waals surface area contributed by atoms with Crippen LogP contribution in [-0.2, 0) is 33.3 Å². The Labute approximate surface area is 782 Å². The van der Waals surface area contributed by atoms with Crippen LogP contribution in [0.4, 0.5) is 11.4 Å². The number of rotatable bonds is 20. The fourth-order valence-corrected chi connectivity index (χ4v) is 18.0. The van der Waals surface area contributed by atoms with Crippen LogP contribution in [-0.4, -0.2) is 122 Å². The number of carboxylic acid groups (broad SMARTS) is 1. The topological polar surface area (TPSA) is 269 Å². The number of hydrogen-bond acceptors (Lipinski definition) is 16. The SMILES string of the molecule is CC(=NCC1CCCO1)c1ccccc1O.CC(=Nc1ccccc1)c1cc(Cl)cc(Cl)c1O.CC(C)(C)c1cc(C=NCCc2ccccn2)c(O)c(C(C)(C)C)c1.COc1ccc(O)c(CNc2c(C)cc(C)cc2C)c1.O=C(O)c1ccccc1P(c1ccccc1)c1ccccc1.OCCC1CCCO1.Oc1ccc2ccccc2c1-c1c(O)ccc2ccccc12. The third-order valence-electron chi connectivity index (χ3n) is 22.0. The van der Waals surface area contributed by atoms with E-state index in [4.69, 9.17) is 42.5 Å². The molecule has 680 valence electrons. The average molecular weight is 1820 g/mol. The monoisotopic (exact) mass is 1820 g/mol. The number of benzene rings is 13. The first-order chi connectivity index (χ1) is 62.9. The first-order valence-corrected chi connectivity index (χ1v) is 46.0. The fourth-order valence-electron chi connectivity index (χ4n) is 15.1. The number of aromatic nitrogens is 1. The van der Waals surface area contributed by atoms with Crippen LogP contribution in [0.25, 0.3) is 32.7 Å². The van der Waals surface area contributed by atoms with Crippen LogP contribution >= 0.6 is 31.1 Å². The number of aliphatic imine (C=N–C) groups is 3. The maximum atomic E-state index is 11.6. The van der Waals surface area contributed by atoms with E-state index < -0.39 is 13.9 Å². The first-order valence-electron chi connectivity index (χ1n) is 43.9. The molecule has 2 atom stereocenters. The number of phenolic OH excluding ortho intramolecular Hbond substituents is 6. The summed E-state index contributed by atoms with van der Waals surface area (Å²) >= 11 is 11.8. The molecule has 2 unspecified atom stereocenters. The minimum atomic E-state index is -0.880. The lowest BCUT2D eigenvalue weighted by atomic mass is 9.79. The van der Waals surface area contributed by atoms with Gasteiger partial charge in [0, 0.05) is 119 Å². The number of pyridine rings is 1. The number of aliphatic hydroxyl groups is 1. The van der Waals surface area contributed by atoms with Gasteiger partial charge in [-0.1, -0.05) is 264 Å². The van der Waals surface area contributed by atoms with Crippen molar-refractivity contribution in [3.8, 4) is 51.4 Å². The number of carbonyl (C=O) groups is 1. The van der Waals surface area contributed by atoms with E-state index in [9.17, 15) is 40.5 Å². The maximum absolute atomic E-state index is 11.6. The second-order valence-electron chi connectivity index (χ2n) is 33.9. The number of hydrogen-bond donors (Lipinski definition) is 9. The molecule has 0 radical (unpaired) electrons. The molecule has 16 rings (SSSR count). The van der Waals surface area contributed by atoms with E-state index in [1.807, 2.05) is 189 Å². The number of nitrogens with one attached hydrogen (secondary N) is 1. The van der Waals surface area contributed by atoms with Gasteiger partial charge in [0.1, 0.15) is 40.2 Å². The number of aryl methyl sites for hydroxylation is 3. The highest BCUT2D eigenvalue weighted by Gasteiger charge is 2.27. The van der Waals surface area contributed by atoms with Crippen molar-refractivity contribution in [2.75, 3.05) is 45.3 Å². The number of fused-ring (bicyclic) bond motifs is 2. The van der Waals surface area contributed by atoms with Crippen LogP contribution in [0.15, 0.2) is 306 Å². The normalized spacial score (nSPS) is 13.6. The van der Waals surface area contributed by atoms with Gasteiger partial charge in [0.15, 0.2) is 0 Å². The molecule has 2 fully saturated rings. The van der Waals surface area contributed by atoms with Crippen LogP contribution in [0, 0.1) is 20.8 Å². The Bertz CT molecular complexity index is 6010. The highest BCUT2D eigenvalue weighted by Crippen LogP contribution is 2.45. The maximum Gasteiger partial charge on any atom is 0.336 e. The van der Waals surface area contributed by atoms with Crippen LogP contribution in [0.3, 0.4) is 0 Å². The molecule has 0 amide bonds. The van der Waals surface area contributed by atoms with Crippen LogP contribution in [0.2, 0.25) is 10.0 Å². The summed E-state index contributed by atoms with van der Waals surface area (Å²) in [6.45, 7) is 26.9. The molecule has 20 heteroatoms. The Morgan fingerprint density at radius 3 is 1.64 bits per heavy atom. The highest BCUT2D eigenvalue weighted by molar-refractivity contribution is 7.80. The molecular weight excluding hydrogens is 1700 g/mol. The van der Waals surface area contributed by atoms with E-state index in [1.165, 1.54) is 34.7 Å². The summed E-state index contributed by atoms with van der Waals surface area (Å²) in [6, 6.07) is 89.9. The Hall–Kier alpha value is -12.7. The predicted octanol–water partition coefficient (Wildman–Crippen LogP) is 25.0. The van der Waals surface area contributed by atoms with Crippen LogP contribution in [0.5, 0.6) is 40.2 Å². The summed E-state index contributed by atoms with van der Waals surface area (Å²) in [5.41, 5.74) is 14.9. The Morgan fingerprint density at radius 2 is 1.10 bits per heavy atom. The second kappa shape index (κ2) is 49.4. The van der Waals surface area contributed by atoms with Crippen molar-refractivity contribution in [1.82, 2.24) is 4.98 Å². The summed E-state index contributed by atoms with van der Waals surface area (Å²) in [5, 5.41) is 90.2. The molecule has 0 saturated carbocycles. The van der Waals surface area contributed by atoms with Gasteiger partial charge in [0.05, 0.1) is 42.1 Å². The van der Waals surface area contributed by atoms with Crippen molar-refractivity contribution in [3.63, 3.8) is 0 Å². The standard InChI is InChI=1S/C22H30N2O.C20H14O2.C19H15O2P.C17H21NO2.C14H11Cl2NO.C13H17NO2.C6H12O2/c1-21(2,3)17-13-16(20(25)19(14-17)22(4,5)6)15-23-12-10-18-9-7-8-11-24-18;21-17-11-9-13-5-1-3-7-15(13)19(17)20-16-8-4-2-6-14(16)10-12-18(20)22;20-19(21)17-13-7-8-14-18(17)22(15-9-3-1-4-10-15)16-11-5-2-6-12-16;1-11-7-12(2)17(13(3)8-11)18-10-14-9-15(20-4)5-6-16(14)19;1-9(17-11-5-3-2-4-6-11)12-7-10(15)8-13(16)14(12)18;1-10(12-6-2-3-7-13(12)15)14-9-11-5-4-8-16-11;7-4-3-6-2-1-5-8-6/h7-9,11,13-15,25H,10,12H2,1-6H3;1-12,21-22H;1-14H,(H,20,21);5-9,18-19H,10H2,1-4H3;2-8,18H,1H3;2-3,6-7,11,15H,4-5,8-9H2,1H3;6-7H,1-5H2. The highest BCUT2D eigenvalue weighted by atomic mass is 35.5. The number of carboxylic acids is 1. The molecular formula is C111H120Cl2N5O12P. The van der Waals surface area contributed by atoms with Crippen molar-refractivity contribution in [1.29, 1.82) is 0 Å². The lowest BCUT2D eigenvalue weighted by Crippen LogP contribution is -2.24. The molecule has 2 aliphatic rings. The molecule has 17 nitrogen and oxygen atoms in total. The lowest BCUT2D eigenvalue weighted by Gasteiger charge is -2.27. The van der Waals surface area contributed by atoms with E-state index in [2.05, 4.69) is 136 Å². The van der Waals surface area contributed by atoms with Crippen molar-refractivity contribution < 1.29 is 59.9 Å². The molecule has 3 heterocycles. The third kappa shape index (κ3) is 29.4. The van der Waals surface area contributed by atoms with Gasteiger partial charge < -0.3 is 60.4 Å². The smallest absolute Gasteiger partial charge is 0.336 e. The predicted molar refractivity (Wildman–Crippen MR) is 542 cm³/mol. The fraction of sp³-hybridized carbons (Fsp3) is 0.252. The molecule has 131 heavy (non-hydrogen) atoms. The van der Waals surface area contributed by atoms with Crippen molar-refractivity contribution in [2.45, 2.75) is 144 Å². The summed E-state index contributed by atoms with van der Waals surface area (Å²) in [7, 11) is 0.743. The van der Waals surface area contributed by atoms with E-state index in [-0.39, 0.29) is 57.3 Å². The zero-order chi connectivity index (χ0) is 94.2. The Kier molecular flexibility index (Phi) is 37.8. The Morgan fingerprint density at radius 1 is 0.557 bits per heavy atom. The summed E-state index contributed by atoms with van der Waals surface area (Å²) in [4.78, 5) is 29.3. The second-order valence-corrected chi connectivity index (χ2v) is 37.0. The third-order valence-corrected chi connectivity index (χ3v) is 25.0. The average Bonchev–Trinajstić information content (AvgIpc) is 1.02. The minimum Gasteiger partial charge on any atom is -0.508 e. The van der Waals surface area contributed by atoms with E-state index in [0.717, 1.165) is 134 Å². The van der Waals surface area contributed by atoms with Gasteiger partial charge in [-0.3, -0.25) is 20.0 Å². The summed E-state index contributed by atoms with van der Waals surface area (Å²) in [5.74, 6) is 1.11. The van der Waals surface area contributed by atoms with Gasteiger partial charge in [0.25, 0.3) is 0 Å². The summed E-state index contributed by atoms with van der Waals surface area (Å²) in [6.07, 6.45) is 10.4. The summed E-state index contributed by atoms with van der Waals surface area (Å²) < 4.78 is 15.9. The lowest BCUT2D eigenvalue weighted by molar-refractivity contribution is 0.0698. The number of anilines is 1. The molecule has 2 aliphatic heterocycles. The molecule has 0 aliphatic carbocycles. The van der Waals surface area contributed by atoms with Gasteiger partial charge >= 0.3 is 5.97 Å². The Balaban J connectivity index is 0.000000161. The number of aromatic carboxylic acids is 1.